The molecule has 1 aromatic carbocycles. The molecule has 3 aromatic rings. The fourth-order valence-corrected chi connectivity index (χ4v) is 7.27. The van der Waals surface area contributed by atoms with Crippen LogP contribution in [0.4, 0.5) is 5.82 Å². The molecule has 0 radical (unpaired) electrons. The van der Waals surface area contributed by atoms with Gasteiger partial charge in [-0.3, -0.25) is 9.32 Å². The molecule has 0 spiro atoms. The summed E-state index contributed by atoms with van der Waals surface area (Å²) in [4.78, 5) is 17.3. The number of nitrogens with zero attached hydrogens (tertiary/aromatic N) is 4. The SMILES string of the molecule is COC(C#N)(COP(=O)(NC1(C(=O)OC2CCCCC2)CCC1)Oc1ccccc1)[C@@H](O)[C@@H](O)c1ccc2c(N)ncnn12. The number of fused-ring (bicyclic) bond motifs is 1. The van der Waals surface area contributed by atoms with Gasteiger partial charge in [-0.15, -0.1) is 0 Å². The number of aliphatic hydroxyl groups excluding tert-OH is 2. The van der Waals surface area contributed by atoms with Crippen LogP contribution in [0, 0.1) is 11.3 Å². The average Bonchev–Trinajstić information content (AvgIpc) is 3.46. The van der Waals surface area contributed by atoms with Gasteiger partial charge < -0.3 is 29.9 Å². The van der Waals surface area contributed by atoms with Gasteiger partial charge in [-0.25, -0.2) is 14.1 Å². The average molecular weight is 629 g/mol. The zero-order valence-electron chi connectivity index (χ0n) is 24.4. The fourth-order valence-electron chi connectivity index (χ4n) is 5.51. The van der Waals surface area contributed by atoms with E-state index < -0.39 is 43.7 Å². The van der Waals surface area contributed by atoms with Crippen LogP contribution in [-0.4, -0.2) is 67.8 Å². The van der Waals surface area contributed by atoms with Gasteiger partial charge in [0.2, 0.25) is 5.60 Å². The third-order valence-corrected chi connectivity index (χ3v) is 9.96. The molecule has 2 unspecified atom stereocenters. The predicted octanol–water partition coefficient (Wildman–Crippen LogP) is 3.21. The molecular formula is C29H37N6O8P. The van der Waals surface area contributed by atoms with E-state index in [1.165, 1.54) is 16.9 Å². The Labute approximate surface area is 254 Å². The molecule has 2 aliphatic carbocycles. The number of esters is 1. The highest BCUT2D eigenvalue weighted by atomic mass is 31.2. The minimum atomic E-state index is -4.45. The van der Waals surface area contributed by atoms with Crippen LogP contribution in [-0.2, 0) is 23.4 Å². The number of hydrogen-bond acceptors (Lipinski definition) is 12. The van der Waals surface area contributed by atoms with E-state index in [1.807, 2.05) is 6.07 Å². The smallest absolute Gasteiger partial charge is 0.459 e. The second-order valence-corrected chi connectivity index (χ2v) is 12.8. The van der Waals surface area contributed by atoms with E-state index in [0.29, 0.717) is 24.8 Å². The van der Waals surface area contributed by atoms with Crippen LogP contribution in [0.15, 0.2) is 48.8 Å². The van der Waals surface area contributed by atoms with Crippen molar-refractivity contribution in [3.63, 3.8) is 0 Å². The molecule has 14 nitrogen and oxygen atoms in total. The molecule has 2 aliphatic rings. The van der Waals surface area contributed by atoms with Crippen molar-refractivity contribution in [1.29, 1.82) is 5.26 Å². The Hall–Kier alpha value is -3.57. The number of nitrogens with one attached hydrogen (secondary N) is 1. The lowest BCUT2D eigenvalue weighted by Crippen LogP contribution is -2.58. The topological polar surface area (TPSA) is 204 Å². The number of ether oxygens (including phenoxy) is 2. The lowest BCUT2D eigenvalue weighted by atomic mass is 9.77. The number of nitriles is 1. The van der Waals surface area contributed by atoms with E-state index in [4.69, 9.17) is 24.3 Å². The number of methoxy groups -OCH3 is 1. The quantitative estimate of drug-likeness (QED) is 0.159. The van der Waals surface area contributed by atoms with Gasteiger partial charge in [0.25, 0.3) is 0 Å². The normalized spacial score (nSPS) is 20.8. The minimum absolute atomic E-state index is 0.0963. The Bertz CT molecular complexity index is 1540. The van der Waals surface area contributed by atoms with Crippen LogP contribution in [0.1, 0.15) is 63.2 Å². The maximum absolute atomic E-state index is 14.4. The number of nitrogens with two attached hydrogens (primary N) is 1. The molecule has 0 saturated heterocycles. The Balaban J connectivity index is 1.39. The lowest BCUT2D eigenvalue weighted by molar-refractivity contribution is -0.162. The van der Waals surface area contributed by atoms with Gasteiger partial charge in [0.05, 0.1) is 5.69 Å². The highest BCUT2D eigenvalue weighted by Crippen LogP contribution is 2.51. The van der Waals surface area contributed by atoms with Gasteiger partial charge in [0.1, 0.15) is 54.1 Å². The van der Waals surface area contributed by atoms with E-state index in [9.17, 15) is 24.8 Å². The first-order chi connectivity index (χ1) is 21.1. The van der Waals surface area contributed by atoms with Crippen LogP contribution >= 0.6 is 7.75 Å². The van der Waals surface area contributed by atoms with Crippen molar-refractivity contribution in [3.05, 3.63) is 54.5 Å². The van der Waals surface area contributed by atoms with Crippen molar-refractivity contribution >= 4 is 25.1 Å². The molecule has 44 heavy (non-hydrogen) atoms. The number of aliphatic hydroxyl groups is 2. The summed E-state index contributed by atoms with van der Waals surface area (Å²) in [5.74, 6) is -0.214. The molecule has 0 bridgehead atoms. The van der Waals surface area contributed by atoms with Crippen molar-refractivity contribution in [1.82, 2.24) is 19.7 Å². The van der Waals surface area contributed by atoms with Gasteiger partial charge in [0.15, 0.2) is 5.82 Å². The number of benzene rings is 1. The van der Waals surface area contributed by atoms with Crippen LogP contribution in [0.25, 0.3) is 5.52 Å². The van der Waals surface area contributed by atoms with Crippen molar-refractivity contribution in [2.45, 2.75) is 80.8 Å². The second kappa shape index (κ2) is 13.2. The number of anilines is 1. The maximum Gasteiger partial charge on any atom is 0.459 e. The van der Waals surface area contributed by atoms with E-state index in [1.54, 1.807) is 36.4 Å². The van der Waals surface area contributed by atoms with Crippen LogP contribution in [0.2, 0.25) is 0 Å². The fraction of sp³-hybridized carbons (Fsp3) is 0.517. The van der Waals surface area contributed by atoms with Crippen LogP contribution in [0.5, 0.6) is 5.75 Å². The first kappa shape index (κ1) is 31.8. The molecule has 2 aromatic heterocycles. The number of carbonyl (C=O) groups is 1. The van der Waals surface area contributed by atoms with Crippen molar-refractivity contribution in [2.24, 2.45) is 0 Å². The van der Waals surface area contributed by atoms with Gasteiger partial charge in [-0.2, -0.15) is 15.4 Å². The molecule has 236 valence electrons. The number of rotatable bonds is 13. The van der Waals surface area contributed by atoms with Crippen LogP contribution in [0.3, 0.4) is 0 Å². The van der Waals surface area contributed by atoms with E-state index in [0.717, 1.165) is 39.2 Å². The molecule has 2 saturated carbocycles. The van der Waals surface area contributed by atoms with Crippen molar-refractivity contribution < 1.29 is 38.1 Å². The lowest BCUT2D eigenvalue weighted by Gasteiger charge is -2.42. The molecule has 0 aliphatic heterocycles. The summed E-state index contributed by atoms with van der Waals surface area (Å²) in [6.45, 7) is -0.816. The first-order valence-corrected chi connectivity index (χ1v) is 16.1. The Morgan fingerprint density at radius 3 is 2.57 bits per heavy atom. The highest BCUT2D eigenvalue weighted by molar-refractivity contribution is 7.52. The molecule has 2 fully saturated rings. The molecule has 2 heterocycles. The summed E-state index contributed by atoms with van der Waals surface area (Å²) >= 11 is 0. The van der Waals surface area contributed by atoms with E-state index >= 15 is 0 Å². The number of hydrogen-bond donors (Lipinski definition) is 4. The van der Waals surface area contributed by atoms with Gasteiger partial charge in [0, 0.05) is 7.11 Å². The third kappa shape index (κ3) is 6.44. The van der Waals surface area contributed by atoms with Gasteiger partial charge >= 0.3 is 13.7 Å². The Morgan fingerprint density at radius 2 is 1.93 bits per heavy atom. The van der Waals surface area contributed by atoms with Gasteiger partial charge in [-0.05, 0) is 69.2 Å². The highest BCUT2D eigenvalue weighted by Gasteiger charge is 2.53. The summed E-state index contributed by atoms with van der Waals surface area (Å²) in [6.07, 6.45) is 3.25. The summed E-state index contributed by atoms with van der Waals surface area (Å²) < 4.78 is 38.5. The molecular weight excluding hydrogens is 591 g/mol. The number of nitrogen functional groups attached to an aromatic ring is 1. The summed E-state index contributed by atoms with van der Waals surface area (Å²) in [5, 5.41) is 39.5. The minimum Gasteiger partial charge on any atom is -0.461 e. The van der Waals surface area contributed by atoms with Crippen LogP contribution < -0.4 is 15.3 Å². The molecule has 15 heteroatoms. The molecule has 5 rings (SSSR count). The Morgan fingerprint density at radius 1 is 1.20 bits per heavy atom. The molecule has 5 N–H and O–H groups in total. The molecule has 4 atom stereocenters. The zero-order chi connectivity index (χ0) is 31.4. The van der Waals surface area contributed by atoms with E-state index in [-0.39, 0.29) is 23.4 Å². The monoisotopic (exact) mass is 628 g/mol. The van der Waals surface area contributed by atoms with E-state index in [2.05, 4.69) is 15.2 Å². The Kier molecular flexibility index (Phi) is 9.55. The summed E-state index contributed by atoms with van der Waals surface area (Å²) in [7, 11) is -3.31. The largest absolute Gasteiger partial charge is 0.461 e. The maximum atomic E-state index is 14.4. The molecule has 0 amide bonds. The standard InChI is InChI=1S/C29H37N6O8P/c1-40-29(17-30,25(37)24(36)22-13-14-23-26(31)32-19-33-35(22)23)18-41-44(39,43-21-11-6-3-7-12-21)34-28(15-8-16-28)27(38)42-20-9-4-2-5-10-20/h3,6-7,11-14,19-20,24-25,36-37H,2,4-5,8-10,15-16,18H2,1H3,(H,34,39)(H2,31,32,33)/t24-,25-,29?,44?/m0/s1. The number of para-hydroxylation sites is 1. The number of aromatic nitrogens is 3. The van der Waals surface area contributed by atoms with Gasteiger partial charge in [-0.1, -0.05) is 24.6 Å². The zero-order valence-corrected chi connectivity index (χ0v) is 25.3. The second-order valence-electron chi connectivity index (χ2n) is 11.2. The van der Waals surface area contributed by atoms with Crippen molar-refractivity contribution in [3.8, 4) is 11.8 Å². The summed E-state index contributed by atoms with van der Waals surface area (Å²) in [6, 6.07) is 13.1. The van der Waals surface area contributed by atoms with Crippen molar-refractivity contribution in [2.75, 3.05) is 19.5 Å². The predicted molar refractivity (Wildman–Crippen MR) is 157 cm³/mol. The third-order valence-electron chi connectivity index (χ3n) is 8.34. The number of carbonyl (C=O) groups excluding carboxylic acids is 1. The summed E-state index contributed by atoms with van der Waals surface area (Å²) in [5.41, 5.74) is 2.79. The first-order valence-electron chi connectivity index (χ1n) is 14.5.